The van der Waals surface area contributed by atoms with Gasteiger partial charge in [-0.2, -0.15) is 0 Å². The first-order valence-corrected chi connectivity index (χ1v) is 11.1. The molecule has 0 bridgehead atoms. The number of ether oxygens (including phenoxy) is 1. The van der Waals surface area contributed by atoms with Crippen molar-refractivity contribution < 1.29 is 30.0 Å². The van der Waals surface area contributed by atoms with Crippen LogP contribution in [0.25, 0.3) is 6.08 Å². The highest BCUT2D eigenvalue weighted by molar-refractivity contribution is 6.42. The van der Waals surface area contributed by atoms with Crippen LogP contribution in [-0.2, 0) is 9.59 Å². The molecule has 0 radical (unpaired) electrons. The molecule has 1 unspecified atom stereocenters. The summed E-state index contributed by atoms with van der Waals surface area (Å²) in [5.74, 6) is -2.87. The van der Waals surface area contributed by atoms with Gasteiger partial charge in [-0.05, 0) is 43.5 Å². The number of hydrogen-bond acceptors (Lipinski definition) is 4. The van der Waals surface area contributed by atoms with E-state index in [1.807, 2.05) is 12.1 Å². The second-order valence-corrected chi connectivity index (χ2v) is 8.10. The number of rotatable bonds is 7. The lowest BCUT2D eigenvalue weighted by Gasteiger charge is -2.35. The van der Waals surface area contributed by atoms with E-state index in [-0.39, 0.29) is 5.48 Å². The second kappa shape index (κ2) is 15.3. The van der Waals surface area contributed by atoms with E-state index < -0.39 is 11.9 Å². The van der Waals surface area contributed by atoms with Gasteiger partial charge in [0.2, 0.25) is 0 Å². The van der Waals surface area contributed by atoms with Crippen molar-refractivity contribution in [3.63, 3.8) is 0 Å². The summed E-state index contributed by atoms with van der Waals surface area (Å²) in [6, 6.07) is 16.5. The van der Waals surface area contributed by atoms with Crippen molar-refractivity contribution in [3.05, 3.63) is 70.2 Å². The van der Waals surface area contributed by atoms with E-state index in [2.05, 4.69) is 41.3 Å². The average molecular weight is 498 g/mol. The molecule has 33 heavy (non-hydrogen) atoms. The Hall–Kier alpha value is -2.58. The maximum atomic E-state index is 9.10. The molecule has 0 aromatic heterocycles. The van der Waals surface area contributed by atoms with Crippen molar-refractivity contribution in [2.24, 2.45) is 0 Å². The van der Waals surface area contributed by atoms with E-state index in [1.165, 1.54) is 24.8 Å². The minimum atomic E-state index is -1.82. The number of likely N-dealkylation sites (tertiary alicyclic amines) is 1. The van der Waals surface area contributed by atoms with Gasteiger partial charge in [-0.25, -0.2) is 9.59 Å². The quantitative estimate of drug-likeness (QED) is 0.536. The lowest BCUT2D eigenvalue weighted by Crippen LogP contribution is -2.40. The summed E-state index contributed by atoms with van der Waals surface area (Å²) >= 11 is 12.0. The van der Waals surface area contributed by atoms with E-state index in [1.54, 1.807) is 12.1 Å². The van der Waals surface area contributed by atoms with Crippen LogP contribution >= 0.6 is 23.2 Å². The highest BCUT2D eigenvalue weighted by atomic mass is 35.5. The zero-order chi connectivity index (χ0) is 23.3. The number of carboxylic acids is 2. The number of aliphatic carboxylic acids is 2. The van der Waals surface area contributed by atoms with Gasteiger partial charge in [0.25, 0.3) is 0 Å². The molecular weight excluding hydrogens is 469 g/mol. The summed E-state index contributed by atoms with van der Waals surface area (Å²) in [5, 5.41) is 15.9. The molecule has 1 atom stereocenters. The van der Waals surface area contributed by atoms with Crippen molar-refractivity contribution >= 4 is 41.2 Å². The van der Waals surface area contributed by atoms with E-state index in [0.29, 0.717) is 22.7 Å². The molecule has 2 aromatic carbocycles. The Kier molecular flexibility index (Phi) is 13.2. The summed E-state index contributed by atoms with van der Waals surface area (Å²) in [5.41, 5.74) is 1.25. The zero-order valence-electron chi connectivity index (χ0n) is 18.1. The summed E-state index contributed by atoms with van der Waals surface area (Å²) in [6.07, 6.45) is 9.33. The summed E-state index contributed by atoms with van der Waals surface area (Å²) in [7, 11) is 0. The Labute approximate surface area is 203 Å². The van der Waals surface area contributed by atoms with E-state index in [9.17, 15) is 0 Å². The molecule has 4 N–H and O–H groups in total. The molecule has 9 heteroatoms. The number of carbonyl (C=O) groups is 2. The molecule has 0 aliphatic carbocycles. The number of piperidine rings is 1. The molecule has 1 aliphatic rings. The zero-order valence-corrected chi connectivity index (χ0v) is 19.6. The Morgan fingerprint density at radius 1 is 1.03 bits per heavy atom. The van der Waals surface area contributed by atoms with Crippen molar-refractivity contribution in [2.45, 2.75) is 31.7 Å². The van der Waals surface area contributed by atoms with Crippen LogP contribution in [0.5, 0.6) is 5.75 Å². The van der Waals surface area contributed by atoms with Gasteiger partial charge in [0, 0.05) is 18.7 Å². The normalized spacial score (nSPS) is 15.8. The van der Waals surface area contributed by atoms with Gasteiger partial charge in [0.1, 0.15) is 5.75 Å². The topological polar surface area (TPSA) is 119 Å². The number of hydrogen-bond donors (Lipinski definition) is 2. The molecule has 2 aromatic rings. The summed E-state index contributed by atoms with van der Waals surface area (Å²) < 4.78 is 5.88. The predicted octanol–water partition coefficient (Wildman–Crippen LogP) is 4.66. The van der Waals surface area contributed by atoms with Gasteiger partial charge in [0.15, 0.2) is 0 Å². The Balaban J connectivity index is 0.000000691. The van der Waals surface area contributed by atoms with Crippen molar-refractivity contribution in [3.8, 4) is 5.75 Å². The first-order chi connectivity index (χ1) is 15.4. The van der Waals surface area contributed by atoms with Gasteiger partial charge >= 0.3 is 11.9 Å². The fraction of sp³-hybridized carbons (Fsp3) is 0.333. The van der Waals surface area contributed by atoms with Gasteiger partial charge in [-0.15, -0.1) is 0 Å². The van der Waals surface area contributed by atoms with Crippen molar-refractivity contribution in [1.29, 1.82) is 0 Å². The first-order valence-electron chi connectivity index (χ1n) is 10.4. The standard InChI is InChI=1S/C22H25Cl2NO.C2H2O4.H2O/c23-21-12-11-20(17-22(21)24)26-16-13-19-10-4-5-14-25(19)15-6-9-18-7-2-1-3-8-18;3-1(4)2(5)6;/h1-3,6-9,11-12,17,19H,4-5,10,13-16H2;(H,3,4)(H,5,6);1H2/b9-6+;;. The second-order valence-electron chi connectivity index (χ2n) is 7.28. The van der Waals surface area contributed by atoms with E-state index in [0.717, 1.165) is 25.3 Å². The van der Waals surface area contributed by atoms with Crippen molar-refractivity contribution in [1.82, 2.24) is 4.90 Å². The molecule has 1 heterocycles. The smallest absolute Gasteiger partial charge is 0.414 e. The highest BCUT2D eigenvalue weighted by Crippen LogP contribution is 2.27. The maximum absolute atomic E-state index is 9.10. The third-order valence-electron chi connectivity index (χ3n) is 4.99. The van der Waals surface area contributed by atoms with Crippen LogP contribution in [0.2, 0.25) is 10.0 Å². The van der Waals surface area contributed by atoms with Gasteiger partial charge in [-0.1, -0.05) is 72.1 Å². The van der Waals surface area contributed by atoms with Crippen LogP contribution in [0.4, 0.5) is 0 Å². The highest BCUT2D eigenvalue weighted by Gasteiger charge is 2.21. The molecule has 1 saturated heterocycles. The molecule has 1 fully saturated rings. The van der Waals surface area contributed by atoms with Crippen LogP contribution < -0.4 is 4.74 Å². The molecule has 1 aliphatic heterocycles. The number of halogens is 2. The van der Waals surface area contributed by atoms with Gasteiger partial charge in [0.05, 0.1) is 16.7 Å². The fourth-order valence-corrected chi connectivity index (χ4v) is 3.68. The molecule has 0 amide bonds. The maximum Gasteiger partial charge on any atom is 0.414 e. The lowest BCUT2D eigenvalue weighted by molar-refractivity contribution is -0.159. The average Bonchev–Trinajstić information content (AvgIpc) is 2.78. The van der Waals surface area contributed by atoms with Gasteiger partial charge < -0.3 is 20.4 Å². The number of nitrogens with zero attached hydrogens (tertiary/aromatic N) is 1. The Morgan fingerprint density at radius 3 is 2.36 bits per heavy atom. The molecular formula is C24H29Cl2NO6. The lowest BCUT2D eigenvalue weighted by atomic mass is 9.99. The molecule has 0 saturated carbocycles. The molecule has 3 rings (SSSR count). The molecule has 180 valence electrons. The molecule has 0 spiro atoms. The van der Waals surface area contributed by atoms with Crippen LogP contribution in [0.3, 0.4) is 0 Å². The Morgan fingerprint density at radius 2 is 1.73 bits per heavy atom. The Bertz CT molecular complexity index is 895. The van der Waals surface area contributed by atoms with E-state index >= 15 is 0 Å². The van der Waals surface area contributed by atoms with Crippen LogP contribution in [0.1, 0.15) is 31.2 Å². The van der Waals surface area contributed by atoms with Crippen molar-refractivity contribution in [2.75, 3.05) is 19.7 Å². The van der Waals surface area contributed by atoms with E-state index in [4.69, 9.17) is 47.7 Å². The number of carboxylic acid groups (broad SMARTS) is 2. The van der Waals surface area contributed by atoms with Crippen LogP contribution in [-0.4, -0.2) is 58.3 Å². The third-order valence-corrected chi connectivity index (χ3v) is 5.73. The molecule has 7 nitrogen and oxygen atoms in total. The first kappa shape index (κ1) is 28.5. The minimum Gasteiger partial charge on any atom is -0.493 e. The largest absolute Gasteiger partial charge is 0.493 e. The fourth-order valence-electron chi connectivity index (χ4n) is 3.40. The summed E-state index contributed by atoms with van der Waals surface area (Å²) in [6.45, 7) is 2.85. The van der Waals surface area contributed by atoms with Crippen LogP contribution in [0, 0.1) is 0 Å². The minimum absolute atomic E-state index is 0. The van der Waals surface area contributed by atoms with Crippen LogP contribution in [0.15, 0.2) is 54.6 Å². The number of benzene rings is 2. The third kappa shape index (κ3) is 10.7. The van der Waals surface area contributed by atoms with Gasteiger partial charge in [-0.3, -0.25) is 4.90 Å². The SMILES string of the molecule is Clc1ccc(OCCC2CCCCN2C/C=C/c2ccccc2)cc1Cl.O.O=C(O)C(=O)O. The predicted molar refractivity (Wildman–Crippen MR) is 130 cm³/mol. The summed E-state index contributed by atoms with van der Waals surface area (Å²) in [4.78, 5) is 20.8. The monoisotopic (exact) mass is 497 g/mol.